The molecule has 1 aliphatic rings. The van der Waals surface area contributed by atoms with Crippen LogP contribution in [-0.2, 0) is 20.7 Å². The second kappa shape index (κ2) is 8.12. The number of carbonyl (C=O) groups excluding carboxylic acids is 2. The number of nitrogens with one attached hydrogen (secondary N) is 1. The third kappa shape index (κ3) is 4.68. The molecule has 0 radical (unpaired) electrons. The number of carbonyl (C=O) groups is 2. The van der Waals surface area contributed by atoms with Crippen LogP contribution in [-0.4, -0.2) is 36.1 Å². The van der Waals surface area contributed by atoms with E-state index in [1.54, 1.807) is 6.07 Å². The average molecular weight is 382 g/mol. The maximum atomic E-state index is 12.2. The number of aromatic nitrogens is 1. The van der Waals surface area contributed by atoms with Crippen LogP contribution in [0.5, 0.6) is 0 Å². The molecule has 25 heavy (non-hydrogen) atoms. The zero-order valence-electron chi connectivity index (χ0n) is 13.7. The minimum absolute atomic E-state index is 0.0415. The topological polar surface area (TPSA) is 94.3 Å². The number of ether oxygens (including phenoxy) is 1. The summed E-state index contributed by atoms with van der Waals surface area (Å²) in [6.45, 7) is 1.19. The van der Waals surface area contributed by atoms with Crippen molar-refractivity contribution in [3.05, 3.63) is 28.2 Å². The highest BCUT2D eigenvalue weighted by Crippen LogP contribution is 2.26. The predicted octanol–water partition coefficient (Wildman–Crippen LogP) is 2.28. The van der Waals surface area contributed by atoms with Gasteiger partial charge in [-0.05, 0) is 37.0 Å². The first-order valence-electron chi connectivity index (χ1n) is 8.24. The van der Waals surface area contributed by atoms with Crippen LogP contribution >= 0.6 is 22.9 Å². The number of aryl methyl sites for hydroxylation is 1. The molecule has 2 aromatic rings. The van der Waals surface area contributed by atoms with Gasteiger partial charge in [-0.3, -0.25) is 9.59 Å². The number of hydrogen-bond donors (Lipinski definition) is 2. The highest BCUT2D eigenvalue weighted by Gasteiger charge is 2.29. The van der Waals surface area contributed by atoms with Crippen molar-refractivity contribution in [3.63, 3.8) is 0 Å². The Kier molecular flexibility index (Phi) is 5.88. The number of nitrogens with zero attached hydrogens (tertiary/aromatic N) is 1. The second-order valence-corrected chi connectivity index (χ2v) is 7.67. The van der Waals surface area contributed by atoms with Gasteiger partial charge in [-0.25, -0.2) is 4.98 Å². The maximum absolute atomic E-state index is 12.2. The Labute approximate surface area is 154 Å². The Morgan fingerprint density at radius 2 is 2.16 bits per heavy atom. The minimum atomic E-state index is -0.634. The lowest BCUT2D eigenvalue weighted by atomic mass is 9.91. The van der Waals surface area contributed by atoms with E-state index in [0.717, 1.165) is 28.1 Å². The molecule has 8 heteroatoms. The summed E-state index contributed by atoms with van der Waals surface area (Å²) >= 11 is 7.50. The van der Waals surface area contributed by atoms with Crippen molar-refractivity contribution in [2.45, 2.75) is 31.7 Å². The molecule has 3 rings (SSSR count). The van der Waals surface area contributed by atoms with Crippen molar-refractivity contribution in [2.24, 2.45) is 11.7 Å². The SMILES string of the molecule is NC(=O)C(NC(=O)CCc1nc2ccc(Cl)cc2s1)C1CCOCC1. The van der Waals surface area contributed by atoms with Gasteiger partial charge in [-0.1, -0.05) is 11.6 Å². The molecule has 134 valence electrons. The van der Waals surface area contributed by atoms with Crippen LogP contribution in [0, 0.1) is 5.92 Å². The molecule has 6 nitrogen and oxygen atoms in total. The summed E-state index contributed by atoms with van der Waals surface area (Å²) < 4.78 is 6.30. The number of amides is 2. The van der Waals surface area contributed by atoms with E-state index in [0.29, 0.717) is 24.7 Å². The van der Waals surface area contributed by atoms with E-state index >= 15 is 0 Å². The van der Waals surface area contributed by atoms with E-state index in [9.17, 15) is 9.59 Å². The quantitative estimate of drug-likeness (QED) is 0.802. The molecule has 2 heterocycles. The molecule has 1 aromatic carbocycles. The van der Waals surface area contributed by atoms with Crippen molar-refractivity contribution in [1.29, 1.82) is 0 Å². The molecule has 1 saturated heterocycles. The monoisotopic (exact) mass is 381 g/mol. The van der Waals surface area contributed by atoms with Crippen LogP contribution in [0.1, 0.15) is 24.3 Å². The van der Waals surface area contributed by atoms with Gasteiger partial charge in [-0.2, -0.15) is 0 Å². The zero-order valence-corrected chi connectivity index (χ0v) is 15.2. The molecule has 3 N–H and O–H groups in total. The van der Waals surface area contributed by atoms with E-state index in [-0.39, 0.29) is 18.2 Å². The number of fused-ring (bicyclic) bond motifs is 1. The molecule has 1 atom stereocenters. The first kappa shape index (κ1) is 18.1. The van der Waals surface area contributed by atoms with Crippen molar-refractivity contribution < 1.29 is 14.3 Å². The fraction of sp³-hybridized carbons (Fsp3) is 0.471. The van der Waals surface area contributed by atoms with Gasteiger partial charge < -0.3 is 15.8 Å². The number of hydrogen-bond acceptors (Lipinski definition) is 5. The third-order valence-electron chi connectivity index (χ3n) is 4.32. The molecular weight excluding hydrogens is 362 g/mol. The second-order valence-electron chi connectivity index (χ2n) is 6.12. The summed E-state index contributed by atoms with van der Waals surface area (Å²) in [5.74, 6) is -0.637. The fourth-order valence-corrected chi connectivity index (χ4v) is 4.23. The first-order valence-corrected chi connectivity index (χ1v) is 9.44. The molecule has 0 bridgehead atoms. The van der Waals surface area contributed by atoms with Crippen molar-refractivity contribution >= 4 is 45.0 Å². The number of rotatable bonds is 6. The van der Waals surface area contributed by atoms with Crippen LogP contribution in [0.25, 0.3) is 10.2 Å². The van der Waals surface area contributed by atoms with E-state index < -0.39 is 11.9 Å². The predicted molar refractivity (Wildman–Crippen MR) is 97.6 cm³/mol. The third-order valence-corrected chi connectivity index (χ3v) is 5.63. The van der Waals surface area contributed by atoms with Crippen LogP contribution in [0.3, 0.4) is 0 Å². The van der Waals surface area contributed by atoms with Crippen LogP contribution in [0.15, 0.2) is 18.2 Å². The van der Waals surface area contributed by atoms with Crippen LogP contribution in [0.2, 0.25) is 5.02 Å². The zero-order chi connectivity index (χ0) is 17.8. The normalized spacial score (nSPS) is 16.7. The smallest absolute Gasteiger partial charge is 0.240 e. The fourth-order valence-electron chi connectivity index (χ4n) is 2.99. The molecule has 0 spiro atoms. The van der Waals surface area contributed by atoms with Gasteiger partial charge in [0.25, 0.3) is 0 Å². The van der Waals surface area contributed by atoms with Gasteiger partial charge in [0.2, 0.25) is 11.8 Å². The molecule has 0 saturated carbocycles. The summed E-state index contributed by atoms with van der Waals surface area (Å²) in [6.07, 6.45) is 2.24. The highest BCUT2D eigenvalue weighted by molar-refractivity contribution is 7.18. The van der Waals surface area contributed by atoms with Gasteiger partial charge in [0.15, 0.2) is 0 Å². The molecular formula is C17H20ClN3O3S. The first-order chi connectivity index (χ1) is 12.0. The molecule has 0 aliphatic carbocycles. The lowest BCUT2D eigenvalue weighted by Gasteiger charge is -2.28. The number of halogens is 1. The lowest BCUT2D eigenvalue weighted by Crippen LogP contribution is -2.50. The Hall–Kier alpha value is -1.70. The van der Waals surface area contributed by atoms with Crippen molar-refractivity contribution in [2.75, 3.05) is 13.2 Å². The summed E-state index contributed by atoms with van der Waals surface area (Å²) in [5.41, 5.74) is 6.35. The lowest BCUT2D eigenvalue weighted by molar-refractivity contribution is -0.129. The van der Waals surface area contributed by atoms with Crippen LogP contribution in [0.4, 0.5) is 0 Å². The number of primary amides is 1. The summed E-state index contributed by atoms with van der Waals surface area (Å²) in [6, 6.07) is 4.90. The molecule has 1 unspecified atom stereocenters. The summed E-state index contributed by atoms with van der Waals surface area (Å²) in [5, 5.41) is 4.32. The Morgan fingerprint density at radius 3 is 2.88 bits per heavy atom. The molecule has 1 aromatic heterocycles. The van der Waals surface area contributed by atoms with Crippen LogP contribution < -0.4 is 11.1 Å². The van der Waals surface area contributed by atoms with E-state index in [4.69, 9.17) is 22.1 Å². The van der Waals surface area contributed by atoms with Gasteiger partial charge in [-0.15, -0.1) is 11.3 Å². The summed E-state index contributed by atoms with van der Waals surface area (Å²) in [7, 11) is 0. The molecule has 1 aliphatic heterocycles. The largest absolute Gasteiger partial charge is 0.381 e. The van der Waals surface area contributed by atoms with Gasteiger partial charge >= 0.3 is 0 Å². The standard InChI is InChI=1S/C17H20ClN3O3S/c18-11-1-2-12-13(9-11)25-15(20-12)4-3-14(22)21-16(17(19)23)10-5-7-24-8-6-10/h1-2,9-10,16H,3-8H2,(H2,19,23)(H,21,22). The Bertz CT molecular complexity index is 774. The number of nitrogens with two attached hydrogens (primary N) is 1. The van der Waals surface area contributed by atoms with Gasteiger partial charge in [0.05, 0.1) is 15.2 Å². The van der Waals surface area contributed by atoms with Gasteiger partial charge in [0, 0.05) is 31.1 Å². The average Bonchev–Trinajstić information content (AvgIpc) is 3.00. The van der Waals surface area contributed by atoms with Crippen molar-refractivity contribution in [1.82, 2.24) is 10.3 Å². The maximum Gasteiger partial charge on any atom is 0.240 e. The molecule has 1 fully saturated rings. The summed E-state index contributed by atoms with van der Waals surface area (Å²) in [4.78, 5) is 28.5. The van der Waals surface area contributed by atoms with Crippen molar-refractivity contribution in [3.8, 4) is 0 Å². The Balaban J connectivity index is 1.57. The Morgan fingerprint density at radius 1 is 1.40 bits per heavy atom. The van der Waals surface area contributed by atoms with E-state index in [2.05, 4.69) is 10.3 Å². The van der Waals surface area contributed by atoms with Gasteiger partial charge in [0.1, 0.15) is 6.04 Å². The number of thiazole rings is 1. The van der Waals surface area contributed by atoms with E-state index in [1.807, 2.05) is 12.1 Å². The number of benzene rings is 1. The van der Waals surface area contributed by atoms with E-state index in [1.165, 1.54) is 11.3 Å². The minimum Gasteiger partial charge on any atom is -0.381 e. The highest BCUT2D eigenvalue weighted by atomic mass is 35.5. The molecule has 2 amide bonds.